The molecule has 2 rings (SSSR count). The Morgan fingerprint density at radius 2 is 2.04 bits per heavy atom. The van der Waals surface area contributed by atoms with Crippen LogP contribution < -0.4 is 4.72 Å². The number of amides is 1. The first kappa shape index (κ1) is 18.6. The molecule has 1 amide bonds. The van der Waals surface area contributed by atoms with Crippen LogP contribution in [0.25, 0.3) is 0 Å². The molecule has 2 N–H and O–H groups in total. The van der Waals surface area contributed by atoms with Crippen LogP contribution in [0.4, 0.5) is 0 Å². The molecular weight excluding hydrogens is 320 g/mol. The molecule has 23 heavy (non-hydrogen) atoms. The molecule has 2 aliphatic rings. The van der Waals surface area contributed by atoms with E-state index in [1.807, 2.05) is 4.90 Å². The highest BCUT2D eigenvalue weighted by atomic mass is 32.2. The van der Waals surface area contributed by atoms with Gasteiger partial charge in [-0.25, -0.2) is 13.1 Å². The lowest BCUT2D eigenvalue weighted by atomic mass is 9.95. The van der Waals surface area contributed by atoms with Crippen molar-refractivity contribution in [2.75, 3.05) is 38.6 Å². The van der Waals surface area contributed by atoms with Gasteiger partial charge in [0.05, 0.1) is 11.9 Å². The van der Waals surface area contributed by atoms with Gasteiger partial charge in [0.2, 0.25) is 15.9 Å². The van der Waals surface area contributed by atoms with E-state index in [1.54, 1.807) is 0 Å². The molecule has 8 heteroatoms. The molecule has 0 aromatic rings. The van der Waals surface area contributed by atoms with Crippen molar-refractivity contribution in [1.82, 2.24) is 9.62 Å². The van der Waals surface area contributed by atoms with Gasteiger partial charge in [-0.3, -0.25) is 4.79 Å². The van der Waals surface area contributed by atoms with Gasteiger partial charge in [-0.1, -0.05) is 0 Å². The summed E-state index contributed by atoms with van der Waals surface area (Å²) in [5.74, 6) is 0.135. The van der Waals surface area contributed by atoms with Gasteiger partial charge < -0.3 is 14.7 Å². The van der Waals surface area contributed by atoms with Crippen LogP contribution >= 0.6 is 0 Å². The van der Waals surface area contributed by atoms with Gasteiger partial charge in [-0.05, 0) is 38.5 Å². The Kier molecular flexibility index (Phi) is 6.82. The van der Waals surface area contributed by atoms with Crippen molar-refractivity contribution in [3.05, 3.63) is 0 Å². The number of ether oxygens (including phenoxy) is 1. The van der Waals surface area contributed by atoms with Crippen molar-refractivity contribution in [3.63, 3.8) is 0 Å². The van der Waals surface area contributed by atoms with Crippen molar-refractivity contribution >= 4 is 15.9 Å². The number of hydrogen-bond donors (Lipinski definition) is 2. The molecular formula is C15H28N2O5S. The summed E-state index contributed by atoms with van der Waals surface area (Å²) < 4.78 is 31.8. The van der Waals surface area contributed by atoms with Crippen LogP contribution in [0.15, 0.2) is 0 Å². The van der Waals surface area contributed by atoms with E-state index in [1.165, 1.54) is 6.92 Å². The molecule has 0 radical (unpaired) electrons. The SMILES string of the molecule is CC(O)CNS(=O)(=O)CC1CCCN(C(=O)C2CCOCC2)C1. The molecule has 0 aliphatic carbocycles. The van der Waals surface area contributed by atoms with Crippen LogP contribution in [-0.2, 0) is 19.6 Å². The number of aliphatic hydroxyl groups is 1. The fourth-order valence-corrected chi connectivity index (χ4v) is 4.73. The lowest BCUT2D eigenvalue weighted by Crippen LogP contribution is -2.46. The van der Waals surface area contributed by atoms with Crippen LogP contribution in [0.2, 0.25) is 0 Å². The molecule has 2 heterocycles. The van der Waals surface area contributed by atoms with Crippen molar-refractivity contribution in [2.45, 2.75) is 38.7 Å². The second kappa shape index (κ2) is 8.41. The predicted octanol–water partition coefficient (Wildman–Crippen LogP) is -0.0482. The van der Waals surface area contributed by atoms with Gasteiger partial charge in [-0.2, -0.15) is 0 Å². The van der Waals surface area contributed by atoms with E-state index in [4.69, 9.17) is 4.74 Å². The number of nitrogens with one attached hydrogen (secondary N) is 1. The van der Waals surface area contributed by atoms with Crippen LogP contribution in [0.1, 0.15) is 32.6 Å². The molecule has 0 aromatic carbocycles. The zero-order chi connectivity index (χ0) is 16.9. The predicted molar refractivity (Wildman–Crippen MR) is 86.3 cm³/mol. The Morgan fingerprint density at radius 3 is 2.70 bits per heavy atom. The highest BCUT2D eigenvalue weighted by Gasteiger charge is 2.31. The number of rotatable bonds is 6. The van der Waals surface area contributed by atoms with Crippen LogP contribution in [-0.4, -0.2) is 69.0 Å². The van der Waals surface area contributed by atoms with E-state index in [9.17, 15) is 18.3 Å². The van der Waals surface area contributed by atoms with E-state index < -0.39 is 16.1 Å². The molecule has 0 bridgehead atoms. The Bertz CT molecular complexity index is 488. The van der Waals surface area contributed by atoms with E-state index in [-0.39, 0.29) is 30.0 Å². The summed E-state index contributed by atoms with van der Waals surface area (Å²) in [6.07, 6.45) is 2.46. The Labute approximate surface area is 138 Å². The first-order chi connectivity index (χ1) is 10.9. The topological polar surface area (TPSA) is 95.9 Å². The molecule has 7 nitrogen and oxygen atoms in total. The van der Waals surface area contributed by atoms with E-state index >= 15 is 0 Å². The van der Waals surface area contributed by atoms with E-state index in [0.29, 0.717) is 26.3 Å². The van der Waals surface area contributed by atoms with Crippen molar-refractivity contribution < 1.29 is 23.1 Å². The number of likely N-dealkylation sites (tertiary alicyclic amines) is 1. The first-order valence-electron chi connectivity index (χ1n) is 8.39. The van der Waals surface area contributed by atoms with Gasteiger partial charge in [0.25, 0.3) is 0 Å². The van der Waals surface area contributed by atoms with Gasteiger partial charge in [0.1, 0.15) is 0 Å². The van der Waals surface area contributed by atoms with Gasteiger partial charge in [0, 0.05) is 38.8 Å². The fraction of sp³-hybridized carbons (Fsp3) is 0.933. The summed E-state index contributed by atoms with van der Waals surface area (Å²) in [4.78, 5) is 14.4. The maximum Gasteiger partial charge on any atom is 0.225 e. The summed E-state index contributed by atoms with van der Waals surface area (Å²) in [5.41, 5.74) is 0. The molecule has 0 saturated carbocycles. The van der Waals surface area contributed by atoms with Crippen molar-refractivity contribution in [3.8, 4) is 0 Å². The normalized spacial score (nSPS) is 25.3. The quantitative estimate of drug-likeness (QED) is 0.702. The lowest BCUT2D eigenvalue weighted by Gasteiger charge is -2.35. The third kappa shape index (κ3) is 6.02. The van der Waals surface area contributed by atoms with Crippen LogP contribution in [0.5, 0.6) is 0 Å². The minimum Gasteiger partial charge on any atom is -0.392 e. The molecule has 134 valence electrons. The summed E-state index contributed by atoms with van der Waals surface area (Å²) in [6, 6.07) is 0. The average Bonchev–Trinajstić information content (AvgIpc) is 2.53. The van der Waals surface area contributed by atoms with Crippen molar-refractivity contribution in [2.24, 2.45) is 11.8 Å². The molecule has 2 atom stereocenters. The van der Waals surface area contributed by atoms with E-state index in [2.05, 4.69) is 4.72 Å². The van der Waals surface area contributed by atoms with Crippen molar-refractivity contribution in [1.29, 1.82) is 0 Å². The summed E-state index contributed by atoms with van der Waals surface area (Å²) in [5, 5.41) is 9.19. The maximum absolute atomic E-state index is 12.6. The zero-order valence-corrected chi connectivity index (χ0v) is 14.6. The summed E-state index contributed by atoms with van der Waals surface area (Å²) in [6.45, 7) is 4.05. The lowest BCUT2D eigenvalue weighted by molar-refractivity contribution is -0.140. The molecule has 0 spiro atoms. The second-order valence-corrected chi connectivity index (χ2v) is 8.51. The first-order valence-corrected chi connectivity index (χ1v) is 10.0. The highest BCUT2D eigenvalue weighted by Crippen LogP contribution is 2.23. The van der Waals surface area contributed by atoms with Gasteiger partial charge in [-0.15, -0.1) is 0 Å². The third-order valence-electron chi connectivity index (χ3n) is 4.45. The minimum absolute atomic E-state index is 0.0112. The number of aliphatic hydroxyl groups excluding tert-OH is 1. The standard InChI is InChI=1S/C15H28N2O5S/c1-12(18)9-16-23(20,21)11-13-3-2-6-17(10-13)15(19)14-4-7-22-8-5-14/h12-14,16,18H,2-11H2,1H3. The summed E-state index contributed by atoms with van der Waals surface area (Å²) in [7, 11) is -3.42. The number of carbonyl (C=O) groups is 1. The summed E-state index contributed by atoms with van der Waals surface area (Å²) >= 11 is 0. The maximum atomic E-state index is 12.6. The number of piperidine rings is 1. The number of nitrogens with zero attached hydrogens (tertiary/aromatic N) is 1. The smallest absolute Gasteiger partial charge is 0.225 e. The minimum atomic E-state index is -3.42. The van der Waals surface area contributed by atoms with Crippen LogP contribution in [0.3, 0.4) is 0 Å². The number of carbonyl (C=O) groups excluding carboxylic acids is 1. The number of hydrogen-bond acceptors (Lipinski definition) is 5. The van der Waals surface area contributed by atoms with E-state index in [0.717, 1.165) is 25.7 Å². The molecule has 2 aliphatic heterocycles. The zero-order valence-electron chi connectivity index (χ0n) is 13.7. The van der Waals surface area contributed by atoms with Crippen LogP contribution in [0, 0.1) is 11.8 Å². The van der Waals surface area contributed by atoms with Gasteiger partial charge in [0.15, 0.2) is 0 Å². The molecule has 0 aromatic heterocycles. The average molecular weight is 348 g/mol. The third-order valence-corrected chi connectivity index (χ3v) is 5.97. The Morgan fingerprint density at radius 1 is 1.35 bits per heavy atom. The number of sulfonamides is 1. The molecule has 2 fully saturated rings. The fourth-order valence-electron chi connectivity index (χ4n) is 3.22. The highest BCUT2D eigenvalue weighted by molar-refractivity contribution is 7.89. The van der Waals surface area contributed by atoms with Gasteiger partial charge >= 0.3 is 0 Å². The Hall–Kier alpha value is -0.700. The molecule has 2 unspecified atom stereocenters. The largest absolute Gasteiger partial charge is 0.392 e. The monoisotopic (exact) mass is 348 g/mol. The Balaban J connectivity index is 1.86. The molecule has 2 saturated heterocycles. The second-order valence-electron chi connectivity index (χ2n) is 6.66.